The molecule has 1 N–H and O–H groups in total. The SMILES string of the molecule is O=C(c1cc2ccccc2[nH]c1=O)N1CCC[C@@H]1C1CCCCC1. The van der Waals surface area contributed by atoms with Crippen molar-refractivity contribution in [3.63, 3.8) is 0 Å². The standard InChI is InChI=1S/C20H24N2O2/c23-19-16(13-15-9-4-5-10-17(15)21-19)20(24)22-12-6-11-18(22)14-7-2-1-3-8-14/h4-5,9-10,13-14,18H,1-3,6-8,11-12H2,(H,21,23)/t18-/m1/s1. The van der Waals surface area contributed by atoms with Crippen LogP contribution in [0.3, 0.4) is 0 Å². The normalized spacial score (nSPS) is 22.2. The number of hydrogen-bond donors (Lipinski definition) is 1. The van der Waals surface area contributed by atoms with Gasteiger partial charge >= 0.3 is 0 Å². The van der Waals surface area contributed by atoms with Crippen molar-refractivity contribution in [1.82, 2.24) is 9.88 Å². The molecule has 0 spiro atoms. The van der Waals surface area contributed by atoms with Gasteiger partial charge in [0, 0.05) is 18.1 Å². The number of H-pyrrole nitrogens is 1. The largest absolute Gasteiger partial charge is 0.335 e. The van der Waals surface area contributed by atoms with Crippen molar-refractivity contribution < 1.29 is 4.79 Å². The number of nitrogens with zero attached hydrogens (tertiary/aromatic N) is 1. The van der Waals surface area contributed by atoms with Gasteiger partial charge < -0.3 is 9.88 Å². The molecule has 4 rings (SSSR count). The number of aromatic nitrogens is 1. The zero-order chi connectivity index (χ0) is 16.5. The van der Waals surface area contributed by atoms with Crippen LogP contribution in [0, 0.1) is 5.92 Å². The van der Waals surface area contributed by atoms with Gasteiger partial charge in [-0.2, -0.15) is 0 Å². The summed E-state index contributed by atoms with van der Waals surface area (Å²) in [5.74, 6) is 0.528. The maximum Gasteiger partial charge on any atom is 0.261 e. The van der Waals surface area contributed by atoms with Crippen LogP contribution in [0.2, 0.25) is 0 Å². The minimum absolute atomic E-state index is 0.0879. The lowest BCUT2D eigenvalue weighted by Crippen LogP contribution is -2.42. The Balaban J connectivity index is 1.65. The maximum absolute atomic E-state index is 13.1. The van der Waals surface area contributed by atoms with Gasteiger partial charge in [-0.05, 0) is 49.1 Å². The number of para-hydroxylation sites is 1. The number of carbonyl (C=O) groups is 1. The molecule has 2 fully saturated rings. The van der Waals surface area contributed by atoms with Gasteiger partial charge in [-0.3, -0.25) is 9.59 Å². The molecule has 0 unspecified atom stereocenters. The summed E-state index contributed by atoms with van der Waals surface area (Å²) in [6, 6.07) is 9.70. The molecule has 1 saturated heterocycles. The van der Waals surface area contributed by atoms with E-state index >= 15 is 0 Å². The molecule has 126 valence electrons. The Labute approximate surface area is 141 Å². The van der Waals surface area contributed by atoms with E-state index in [-0.39, 0.29) is 17.0 Å². The van der Waals surface area contributed by atoms with Crippen LogP contribution >= 0.6 is 0 Å². The van der Waals surface area contributed by atoms with Gasteiger partial charge in [-0.15, -0.1) is 0 Å². The highest BCUT2D eigenvalue weighted by Gasteiger charge is 2.36. The first-order valence-corrected chi connectivity index (χ1v) is 9.17. The fourth-order valence-electron chi connectivity index (χ4n) is 4.51. The molecule has 1 aliphatic heterocycles. The molecule has 1 aliphatic carbocycles. The van der Waals surface area contributed by atoms with E-state index in [4.69, 9.17) is 0 Å². The first-order valence-electron chi connectivity index (χ1n) is 9.17. The number of amides is 1. The lowest BCUT2D eigenvalue weighted by atomic mass is 9.83. The average Bonchev–Trinajstić information content (AvgIpc) is 3.11. The highest BCUT2D eigenvalue weighted by Crippen LogP contribution is 2.34. The summed E-state index contributed by atoms with van der Waals surface area (Å²) in [7, 11) is 0. The third kappa shape index (κ3) is 2.74. The minimum Gasteiger partial charge on any atom is -0.335 e. The lowest BCUT2D eigenvalue weighted by Gasteiger charge is -2.34. The molecule has 4 heteroatoms. The summed E-state index contributed by atoms with van der Waals surface area (Å²) >= 11 is 0. The molecule has 2 heterocycles. The van der Waals surface area contributed by atoms with Crippen molar-refractivity contribution in [2.24, 2.45) is 5.92 Å². The van der Waals surface area contributed by atoms with E-state index in [0.717, 1.165) is 30.3 Å². The van der Waals surface area contributed by atoms with Crippen LogP contribution in [0.1, 0.15) is 55.3 Å². The van der Waals surface area contributed by atoms with Crippen LogP contribution in [0.25, 0.3) is 10.9 Å². The van der Waals surface area contributed by atoms with Gasteiger partial charge in [0.25, 0.3) is 11.5 Å². The van der Waals surface area contributed by atoms with Gasteiger partial charge in [0.1, 0.15) is 5.56 Å². The Morgan fingerprint density at radius 2 is 1.83 bits per heavy atom. The van der Waals surface area contributed by atoms with Crippen LogP contribution in [-0.2, 0) is 0 Å². The quantitative estimate of drug-likeness (QED) is 0.915. The number of carbonyl (C=O) groups excluding carboxylic acids is 1. The third-order valence-electron chi connectivity index (χ3n) is 5.74. The monoisotopic (exact) mass is 324 g/mol. The summed E-state index contributed by atoms with van der Waals surface area (Å²) in [6.45, 7) is 0.784. The minimum atomic E-state index is -0.270. The predicted molar refractivity (Wildman–Crippen MR) is 95.2 cm³/mol. The van der Waals surface area contributed by atoms with Gasteiger partial charge in [-0.25, -0.2) is 0 Å². The van der Waals surface area contributed by atoms with E-state index in [2.05, 4.69) is 4.98 Å². The smallest absolute Gasteiger partial charge is 0.261 e. The second-order valence-electron chi connectivity index (χ2n) is 7.21. The van der Waals surface area contributed by atoms with Crippen LogP contribution < -0.4 is 5.56 Å². The van der Waals surface area contributed by atoms with Crippen LogP contribution in [-0.4, -0.2) is 28.4 Å². The fourth-order valence-corrected chi connectivity index (χ4v) is 4.51. The molecule has 1 aromatic carbocycles. The van der Waals surface area contributed by atoms with Gasteiger partial charge in [-0.1, -0.05) is 37.5 Å². The van der Waals surface area contributed by atoms with E-state index in [1.165, 1.54) is 32.1 Å². The molecule has 1 saturated carbocycles. The Bertz CT molecular complexity index is 805. The fraction of sp³-hybridized carbons (Fsp3) is 0.500. The Morgan fingerprint density at radius 1 is 1.04 bits per heavy atom. The zero-order valence-electron chi connectivity index (χ0n) is 14.0. The Hall–Kier alpha value is -2.10. The number of hydrogen-bond acceptors (Lipinski definition) is 2. The molecule has 2 aliphatic rings. The number of likely N-dealkylation sites (tertiary alicyclic amines) is 1. The first-order chi connectivity index (χ1) is 11.7. The molecule has 1 amide bonds. The third-order valence-corrected chi connectivity index (χ3v) is 5.74. The summed E-state index contributed by atoms with van der Waals surface area (Å²) in [5.41, 5.74) is 0.800. The maximum atomic E-state index is 13.1. The van der Waals surface area contributed by atoms with Crippen molar-refractivity contribution in [3.8, 4) is 0 Å². The first kappa shape index (κ1) is 15.4. The summed E-state index contributed by atoms with van der Waals surface area (Å²) in [6.07, 6.45) is 8.46. The number of benzene rings is 1. The molecular weight excluding hydrogens is 300 g/mol. The van der Waals surface area contributed by atoms with Crippen LogP contribution in [0.15, 0.2) is 35.1 Å². The number of aromatic amines is 1. The predicted octanol–water partition coefficient (Wildman–Crippen LogP) is 3.71. The molecule has 4 nitrogen and oxygen atoms in total. The highest BCUT2D eigenvalue weighted by atomic mass is 16.2. The van der Waals surface area contributed by atoms with Crippen molar-refractivity contribution in [1.29, 1.82) is 0 Å². The molecule has 0 radical (unpaired) electrons. The molecule has 0 bridgehead atoms. The number of rotatable bonds is 2. The van der Waals surface area contributed by atoms with Crippen molar-refractivity contribution in [2.75, 3.05) is 6.54 Å². The Kier molecular flexibility index (Phi) is 4.13. The number of fused-ring (bicyclic) bond motifs is 1. The number of pyridine rings is 1. The summed E-state index contributed by atoms with van der Waals surface area (Å²) in [5, 5.41) is 0.911. The Morgan fingerprint density at radius 3 is 2.67 bits per heavy atom. The molecule has 24 heavy (non-hydrogen) atoms. The average molecular weight is 324 g/mol. The van der Waals surface area contributed by atoms with E-state index in [9.17, 15) is 9.59 Å². The second-order valence-corrected chi connectivity index (χ2v) is 7.21. The van der Waals surface area contributed by atoms with Crippen molar-refractivity contribution >= 4 is 16.8 Å². The van der Waals surface area contributed by atoms with Gasteiger partial charge in [0.15, 0.2) is 0 Å². The highest BCUT2D eigenvalue weighted by molar-refractivity contribution is 5.97. The lowest BCUT2D eigenvalue weighted by molar-refractivity contribution is 0.0660. The van der Waals surface area contributed by atoms with Crippen molar-refractivity contribution in [2.45, 2.75) is 51.0 Å². The molecule has 1 aromatic heterocycles. The van der Waals surface area contributed by atoms with E-state index in [1.807, 2.05) is 29.2 Å². The van der Waals surface area contributed by atoms with Gasteiger partial charge in [0.2, 0.25) is 0 Å². The second kappa shape index (κ2) is 6.42. The number of nitrogens with one attached hydrogen (secondary N) is 1. The zero-order valence-corrected chi connectivity index (χ0v) is 14.0. The van der Waals surface area contributed by atoms with E-state index < -0.39 is 0 Å². The van der Waals surface area contributed by atoms with Crippen molar-refractivity contribution in [3.05, 3.63) is 46.2 Å². The topological polar surface area (TPSA) is 53.2 Å². The molecule has 2 aromatic rings. The van der Waals surface area contributed by atoms with E-state index in [0.29, 0.717) is 12.0 Å². The van der Waals surface area contributed by atoms with Crippen LogP contribution in [0.4, 0.5) is 0 Å². The summed E-state index contributed by atoms with van der Waals surface area (Å²) < 4.78 is 0. The van der Waals surface area contributed by atoms with E-state index in [1.54, 1.807) is 6.07 Å². The molecular formula is C20H24N2O2. The molecule has 1 atom stereocenters. The summed E-state index contributed by atoms with van der Waals surface area (Å²) in [4.78, 5) is 30.3. The van der Waals surface area contributed by atoms with Crippen LogP contribution in [0.5, 0.6) is 0 Å². The van der Waals surface area contributed by atoms with Gasteiger partial charge in [0.05, 0.1) is 0 Å².